The molecular weight excluding hydrogens is 262 g/mol. The number of hydrogen-bond acceptors (Lipinski definition) is 3. The van der Waals surface area contributed by atoms with E-state index in [4.69, 9.17) is 17.3 Å². The number of halogens is 1. The van der Waals surface area contributed by atoms with Crippen LogP contribution in [0.25, 0.3) is 11.1 Å². The molecule has 0 amide bonds. The molecule has 2 rings (SSSR count). The van der Waals surface area contributed by atoms with Crippen LogP contribution in [-0.4, -0.2) is 22.9 Å². The molecule has 0 radical (unpaired) electrons. The van der Waals surface area contributed by atoms with Gasteiger partial charge in [0.1, 0.15) is 6.10 Å². The van der Waals surface area contributed by atoms with E-state index in [1.165, 1.54) is 0 Å². The first-order valence-corrected chi connectivity index (χ1v) is 6.41. The highest BCUT2D eigenvalue weighted by Gasteiger charge is 2.16. The summed E-state index contributed by atoms with van der Waals surface area (Å²) in [7, 11) is 0. The summed E-state index contributed by atoms with van der Waals surface area (Å²) < 4.78 is 0. The van der Waals surface area contributed by atoms with Crippen molar-refractivity contribution in [1.82, 2.24) is 0 Å². The van der Waals surface area contributed by atoms with Crippen LogP contribution in [0, 0.1) is 0 Å². The van der Waals surface area contributed by atoms with Gasteiger partial charge in [0.2, 0.25) is 0 Å². The summed E-state index contributed by atoms with van der Waals surface area (Å²) in [6.45, 7) is 0.0279. The van der Waals surface area contributed by atoms with E-state index in [0.717, 1.165) is 11.1 Å². The highest BCUT2D eigenvalue weighted by Crippen LogP contribution is 2.24. The number of hydrogen-bond donors (Lipinski definition) is 3. The summed E-state index contributed by atoms with van der Waals surface area (Å²) >= 11 is 5.84. The average molecular weight is 278 g/mol. The van der Waals surface area contributed by atoms with Crippen LogP contribution >= 0.6 is 11.6 Å². The third-order valence-corrected chi connectivity index (χ3v) is 3.29. The summed E-state index contributed by atoms with van der Waals surface area (Å²) in [5.41, 5.74) is 8.04. The quantitative estimate of drug-likeness (QED) is 0.804. The van der Waals surface area contributed by atoms with Crippen LogP contribution in [0.2, 0.25) is 5.02 Å². The molecule has 0 spiro atoms. The molecule has 0 aliphatic rings. The third-order valence-electron chi connectivity index (χ3n) is 3.04. The molecule has 2 aromatic rings. The third kappa shape index (κ3) is 3.33. The fraction of sp³-hybridized carbons (Fsp3) is 0.200. The second-order valence-corrected chi connectivity index (χ2v) is 4.81. The second-order valence-electron chi connectivity index (χ2n) is 4.38. The molecule has 0 saturated heterocycles. The number of rotatable bonds is 4. The molecule has 0 heterocycles. The van der Waals surface area contributed by atoms with Crippen molar-refractivity contribution in [3.63, 3.8) is 0 Å². The minimum Gasteiger partial charge on any atom is -0.389 e. The van der Waals surface area contributed by atoms with E-state index in [9.17, 15) is 10.2 Å². The van der Waals surface area contributed by atoms with E-state index in [2.05, 4.69) is 0 Å². The van der Waals surface area contributed by atoms with Gasteiger partial charge >= 0.3 is 0 Å². The van der Waals surface area contributed by atoms with Gasteiger partial charge < -0.3 is 15.9 Å². The van der Waals surface area contributed by atoms with Crippen molar-refractivity contribution < 1.29 is 10.2 Å². The Kier molecular flexibility index (Phi) is 4.56. The number of aliphatic hydroxyl groups is 2. The number of aliphatic hydroxyl groups excluding tert-OH is 2. The predicted molar refractivity (Wildman–Crippen MR) is 76.9 cm³/mol. The van der Waals surface area contributed by atoms with Crippen LogP contribution in [0.5, 0.6) is 0 Å². The van der Waals surface area contributed by atoms with Gasteiger partial charge in [-0.25, -0.2) is 0 Å². The lowest BCUT2D eigenvalue weighted by Crippen LogP contribution is -2.27. The monoisotopic (exact) mass is 277 g/mol. The van der Waals surface area contributed by atoms with Gasteiger partial charge in [-0.05, 0) is 28.8 Å². The molecular formula is C15H16ClNO2. The standard InChI is InChI=1S/C15H16ClNO2/c16-13-7-5-11(6-8-13)10-1-3-12(4-2-10)15(19)14(18)9-17/h1-8,14-15,18-19H,9,17H2. The summed E-state index contributed by atoms with van der Waals surface area (Å²) in [5.74, 6) is 0. The van der Waals surface area contributed by atoms with Crippen LogP contribution in [0.15, 0.2) is 48.5 Å². The Labute approximate surface area is 117 Å². The smallest absolute Gasteiger partial charge is 0.106 e. The predicted octanol–water partition coefficient (Wildman–Crippen LogP) is 2.36. The van der Waals surface area contributed by atoms with Crippen molar-refractivity contribution in [1.29, 1.82) is 0 Å². The first-order valence-electron chi connectivity index (χ1n) is 6.04. The second kappa shape index (κ2) is 6.17. The summed E-state index contributed by atoms with van der Waals surface area (Å²) in [6, 6.07) is 14.9. The fourth-order valence-corrected chi connectivity index (χ4v) is 1.99. The van der Waals surface area contributed by atoms with E-state index in [0.29, 0.717) is 10.6 Å². The van der Waals surface area contributed by atoms with E-state index < -0.39 is 12.2 Å². The van der Waals surface area contributed by atoms with Crippen LogP contribution in [0.3, 0.4) is 0 Å². The first kappa shape index (κ1) is 14.0. The van der Waals surface area contributed by atoms with Crippen LogP contribution in [-0.2, 0) is 0 Å². The Morgan fingerprint density at radius 2 is 1.37 bits per heavy atom. The van der Waals surface area contributed by atoms with Gasteiger partial charge in [0.25, 0.3) is 0 Å². The summed E-state index contributed by atoms with van der Waals surface area (Å²) in [4.78, 5) is 0. The molecule has 2 aromatic carbocycles. The molecule has 0 aromatic heterocycles. The fourth-order valence-electron chi connectivity index (χ4n) is 1.87. The molecule has 0 aliphatic heterocycles. The zero-order valence-electron chi connectivity index (χ0n) is 10.3. The maximum Gasteiger partial charge on any atom is 0.106 e. The van der Waals surface area contributed by atoms with Crippen molar-refractivity contribution in [2.45, 2.75) is 12.2 Å². The van der Waals surface area contributed by atoms with Crippen molar-refractivity contribution in [2.75, 3.05) is 6.54 Å². The van der Waals surface area contributed by atoms with Crippen molar-refractivity contribution in [2.24, 2.45) is 5.73 Å². The lowest BCUT2D eigenvalue weighted by Gasteiger charge is -2.16. The molecule has 3 nitrogen and oxygen atoms in total. The summed E-state index contributed by atoms with van der Waals surface area (Å²) in [6.07, 6.45) is -1.90. The molecule has 2 atom stereocenters. The molecule has 19 heavy (non-hydrogen) atoms. The first-order chi connectivity index (χ1) is 9.11. The topological polar surface area (TPSA) is 66.5 Å². The van der Waals surface area contributed by atoms with Gasteiger partial charge in [0.05, 0.1) is 6.10 Å². The van der Waals surface area contributed by atoms with Crippen molar-refractivity contribution in [3.8, 4) is 11.1 Å². The lowest BCUT2D eigenvalue weighted by atomic mass is 10.00. The summed E-state index contributed by atoms with van der Waals surface area (Å²) in [5, 5.41) is 20.0. The Balaban J connectivity index is 2.21. The minimum atomic E-state index is -0.954. The van der Waals surface area contributed by atoms with E-state index >= 15 is 0 Å². The number of nitrogens with two attached hydrogens (primary N) is 1. The highest BCUT2D eigenvalue weighted by atomic mass is 35.5. The Hall–Kier alpha value is -1.39. The SMILES string of the molecule is NCC(O)C(O)c1ccc(-c2ccc(Cl)cc2)cc1. The van der Waals surface area contributed by atoms with E-state index in [-0.39, 0.29) is 6.54 Å². The molecule has 0 saturated carbocycles. The molecule has 4 N–H and O–H groups in total. The van der Waals surface area contributed by atoms with Crippen LogP contribution in [0.1, 0.15) is 11.7 Å². The van der Waals surface area contributed by atoms with Crippen molar-refractivity contribution in [3.05, 3.63) is 59.1 Å². The normalized spacial score (nSPS) is 14.1. The zero-order chi connectivity index (χ0) is 13.8. The Bertz CT molecular complexity index is 525. The Morgan fingerprint density at radius 3 is 1.84 bits per heavy atom. The van der Waals surface area contributed by atoms with Gasteiger partial charge in [-0.15, -0.1) is 0 Å². The van der Waals surface area contributed by atoms with Gasteiger partial charge in [0, 0.05) is 11.6 Å². The zero-order valence-corrected chi connectivity index (χ0v) is 11.1. The molecule has 100 valence electrons. The maximum absolute atomic E-state index is 9.84. The average Bonchev–Trinajstić information content (AvgIpc) is 2.46. The number of benzene rings is 2. The van der Waals surface area contributed by atoms with Gasteiger partial charge in [-0.2, -0.15) is 0 Å². The van der Waals surface area contributed by atoms with Gasteiger partial charge in [0.15, 0.2) is 0 Å². The van der Waals surface area contributed by atoms with Crippen molar-refractivity contribution >= 4 is 11.6 Å². The van der Waals surface area contributed by atoms with Crippen LogP contribution in [0.4, 0.5) is 0 Å². The molecule has 0 bridgehead atoms. The molecule has 2 unspecified atom stereocenters. The Morgan fingerprint density at radius 1 is 0.895 bits per heavy atom. The maximum atomic E-state index is 9.84. The lowest BCUT2D eigenvalue weighted by molar-refractivity contribution is 0.0243. The highest BCUT2D eigenvalue weighted by molar-refractivity contribution is 6.30. The van der Waals surface area contributed by atoms with E-state index in [1.54, 1.807) is 12.1 Å². The van der Waals surface area contributed by atoms with Gasteiger partial charge in [-0.3, -0.25) is 0 Å². The molecule has 4 heteroatoms. The minimum absolute atomic E-state index is 0.0279. The molecule has 0 aliphatic carbocycles. The largest absolute Gasteiger partial charge is 0.389 e. The van der Waals surface area contributed by atoms with Gasteiger partial charge in [-0.1, -0.05) is 48.0 Å². The van der Waals surface area contributed by atoms with E-state index in [1.807, 2.05) is 36.4 Å². The molecule has 0 fully saturated rings. The van der Waals surface area contributed by atoms with Crippen LogP contribution < -0.4 is 5.73 Å².